The summed E-state index contributed by atoms with van der Waals surface area (Å²) in [5.74, 6) is 2.18. The molecule has 2 aromatic heterocycles. The van der Waals surface area contributed by atoms with Crippen molar-refractivity contribution >= 4 is 16.9 Å². The number of hydrogen-bond donors (Lipinski definition) is 2. The van der Waals surface area contributed by atoms with E-state index in [1.54, 1.807) is 13.1 Å². The maximum atomic E-state index is 12.4. The molecular formula is C29H30N4O3. The molecule has 2 atom stereocenters. The lowest BCUT2D eigenvalue weighted by Crippen LogP contribution is -2.28. The predicted octanol–water partition coefficient (Wildman–Crippen LogP) is 5.64. The first-order valence-corrected chi connectivity index (χ1v) is 12.6. The Hall–Kier alpha value is -3.71. The highest BCUT2D eigenvalue weighted by molar-refractivity contribution is 5.82. The Morgan fingerprint density at radius 2 is 2.08 bits per heavy atom. The lowest BCUT2D eigenvalue weighted by atomic mass is 9.80. The van der Waals surface area contributed by atoms with E-state index in [0.717, 1.165) is 77.8 Å². The number of amides is 1. The van der Waals surface area contributed by atoms with Gasteiger partial charge in [0.15, 0.2) is 5.82 Å². The van der Waals surface area contributed by atoms with E-state index in [4.69, 9.17) is 9.72 Å². The first-order chi connectivity index (χ1) is 17.4. The number of H-pyrrole nitrogens is 1. The monoisotopic (exact) mass is 482 g/mol. The van der Waals surface area contributed by atoms with Crippen molar-refractivity contribution in [3.05, 3.63) is 71.4 Å². The standard InChI is InChI=1S/C29H30N4O3/c1-18(34)33-14-6-9-26(33)21-16-24-25(32-28(31-24)23-8-3-4-13-30-23)17-27(21)36-20-10-11-22-19(15-20)7-5-12-29(22,2)35/h3-4,8,10-11,13,15-17,26,35H,5-7,9,12,14H2,1-2H3,(H,31,32). The van der Waals surface area contributed by atoms with Gasteiger partial charge < -0.3 is 19.7 Å². The lowest BCUT2D eigenvalue weighted by molar-refractivity contribution is -0.129. The molecule has 2 N–H and O–H groups in total. The molecule has 0 bridgehead atoms. The zero-order chi connectivity index (χ0) is 24.9. The molecule has 2 aliphatic rings. The predicted molar refractivity (Wildman–Crippen MR) is 138 cm³/mol. The van der Waals surface area contributed by atoms with Gasteiger partial charge in [-0.2, -0.15) is 0 Å². The molecule has 6 rings (SSSR count). The number of nitrogens with zero attached hydrogens (tertiary/aromatic N) is 3. The van der Waals surface area contributed by atoms with Crippen molar-refractivity contribution in [2.75, 3.05) is 6.54 Å². The van der Waals surface area contributed by atoms with Gasteiger partial charge in [0.05, 0.1) is 22.7 Å². The molecule has 36 heavy (non-hydrogen) atoms. The third-order valence-electron chi connectivity index (χ3n) is 7.53. The molecule has 2 aromatic carbocycles. The SMILES string of the molecule is CC(=O)N1CCCC1c1cc2[nH]c(-c3ccccn3)nc2cc1Oc1ccc2c(c1)CCCC2(C)O. The van der Waals surface area contributed by atoms with E-state index in [1.165, 1.54) is 0 Å². The fourth-order valence-corrected chi connectivity index (χ4v) is 5.74. The first kappa shape index (κ1) is 22.7. The van der Waals surface area contributed by atoms with Crippen molar-refractivity contribution in [2.24, 2.45) is 0 Å². The average molecular weight is 483 g/mol. The number of rotatable bonds is 4. The Balaban J connectivity index is 1.44. The Kier molecular flexibility index (Phi) is 5.52. The maximum Gasteiger partial charge on any atom is 0.219 e. The summed E-state index contributed by atoms with van der Waals surface area (Å²) in [5.41, 5.74) is 4.69. The molecule has 184 valence electrons. The van der Waals surface area contributed by atoms with Crippen molar-refractivity contribution < 1.29 is 14.6 Å². The van der Waals surface area contributed by atoms with Crippen molar-refractivity contribution in [2.45, 2.75) is 57.6 Å². The number of aliphatic hydroxyl groups is 1. The van der Waals surface area contributed by atoms with E-state index in [1.807, 2.05) is 54.3 Å². The highest BCUT2D eigenvalue weighted by Gasteiger charge is 2.32. The number of aryl methyl sites for hydroxylation is 1. The largest absolute Gasteiger partial charge is 0.457 e. The van der Waals surface area contributed by atoms with Crippen LogP contribution in [0.1, 0.15) is 62.3 Å². The van der Waals surface area contributed by atoms with Crippen LogP contribution in [0.2, 0.25) is 0 Å². The van der Waals surface area contributed by atoms with E-state index in [-0.39, 0.29) is 11.9 Å². The second kappa shape index (κ2) is 8.75. The second-order valence-corrected chi connectivity index (χ2v) is 10.1. The fraction of sp³-hybridized carbons (Fsp3) is 0.345. The Morgan fingerprint density at radius 3 is 2.89 bits per heavy atom. The number of fused-ring (bicyclic) bond motifs is 2. The molecular weight excluding hydrogens is 452 g/mol. The normalized spacial score (nSPS) is 21.5. The molecule has 1 amide bonds. The van der Waals surface area contributed by atoms with Crippen molar-refractivity contribution in [3.63, 3.8) is 0 Å². The molecule has 1 aliphatic carbocycles. The van der Waals surface area contributed by atoms with Crippen molar-refractivity contribution in [1.82, 2.24) is 19.9 Å². The Labute approximate surface area is 210 Å². The lowest BCUT2D eigenvalue weighted by Gasteiger charge is -2.31. The summed E-state index contributed by atoms with van der Waals surface area (Å²) in [6, 6.07) is 15.7. The zero-order valence-corrected chi connectivity index (χ0v) is 20.6. The maximum absolute atomic E-state index is 12.4. The van der Waals surface area contributed by atoms with Crippen LogP contribution in [0, 0.1) is 0 Å². The van der Waals surface area contributed by atoms with Gasteiger partial charge in [-0.3, -0.25) is 9.78 Å². The number of hydrogen-bond acceptors (Lipinski definition) is 5. The van der Waals surface area contributed by atoms with E-state index < -0.39 is 5.60 Å². The number of nitrogens with one attached hydrogen (secondary N) is 1. The van der Waals surface area contributed by atoms with E-state index >= 15 is 0 Å². The number of imidazole rings is 1. The van der Waals surface area contributed by atoms with Crippen molar-refractivity contribution in [3.8, 4) is 23.0 Å². The molecule has 1 saturated heterocycles. The minimum atomic E-state index is -0.807. The highest BCUT2D eigenvalue weighted by Crippen LogP contribution is 2.42. The summed E-state index contributed by atoms with van der Waals surface area (Å²) in [6.07, 6.45) is 6.22. The van der Waals surface area contributed by atoms with Gasteiger partial charge in [0.25, 0.3) is 0 Å². The highest BCUT2D eigenvalue weighted by atomic mass is 16.5. The molecule has 7 heteroatoms. The van der Waals surface area contributed by atoms with Crippen LogP contribution in [0.15, 0.2) is 54.7 Å². The number of aromatic nitrogens is 3. The van der Waals surface area contributed by atoms with Crippen LogP contribution in [-0.2, 0) is 16.8 Å². The smallest absolute Gasteiger partial charge is 0.219 e. The molecule has 4 aromatic rings. The van der Waals surface area contributed by atoms with Crippen LogP contribution in [-0.4, -0.2) is 37.4 Å². The van der Waals surface area contributed by atoms with E-state index in [9.17, 15) is 9.90 Å². The topological polar surface area (TPSA) is 91.3 Å². The van der Waals surface area contributed by atoms with Gasteiger partial charge in [0, 0.05) is 31.3 Å². The summed E-state index contributed by atoms with van der Waals surface area (Å²) in [4.78, 5) is 26.9. The molecule has 7 nitrogen and oxygen atoms in total. The van der Waals surface area contributed by atoms with E-state index in [2.05, 4.69) is 16.0 Å². The van der Waals surface area contributed by atoms with Gasteiger partial charge in [0.2, 0.25) is 5.91 Å². The van der Waals surface area contributed by atoms with Crippen LogP contribution in [0.5, 0.6) is 11.5 Å². The molecule has 0 spiro atoms. The third kappa shape index (κ3) is 4.03. The number of aromatic amines is 1. The van der Waals surface area contributed by atoms with Crippen LogP contribution in [0.4, 0.5) is 0 Å². The minimum Gasteiger partial charge on any atom is -0.457 e. The number of pyridine rings is 1. The summed E-state index contributed by atoms with van der Waals surface area (Å²) in [6.45, 7) is 4.25. The van der Waals surface area contributed by atoms with Gasteiger partial charge in [-0.15, -0.1) is 0 Å². The quantitative estimate of drug-likeness (QED) is 0.393. The Bertz CT molecular complexity index is 1440. The van der Waals surface area contributed by atoms with Gasteiger partial charge in [-0.25, -0.2) is 4.98 Å². The van der Waals surface area contributed by atoms with Gasteiger partial charge in [-0.1, -0.05) is 12.1 Å². The fourth-order valence-electron chi connectivity index (χ4n) is 5.74. The molecule has 2 unspecified atom stereocenters. The van der Waals surface area contributed by atoms with Crippen LogP contribution in [0.25, 0.3) is 22.6 Å². The Morgan fingerprint density at radius 1 is 1.19 bits per heavy atom. The molecule has 0 radical (unpaired) electrons. The van der Waals surface area contributed by atoms with E-state index in [0.29, 0.717) is 11.6 Å². The summed E-state index contributed by atoms with van der Waals surface area (Å²) < 4.78 is 6.52. The van der Waals surface area contributed by atoms with Crippen molar-refractivity contribution in [1.29, 1.82) is 0 Å². The van der Waals surface area contributed by atoms with Gasteiger partial charge >= 0.3 is 0 Å². The minimum absolute atomic E-state index is 0.0538. The number of benzene rings is 2. The number of carbonyl (C=O) groups is 1. The summed E-state index contributed by atoms with van der Waals surface area (Å²) in [5, 5.41) is 10.8. The molecule has 1 fully saturated rings. The summed E-state index contributed by atoms with van der Waals surface area (Å²) >= 11 is 0. The third-order valence-corrected chi connectivity index (χ3v) is 7.53. The molecule has 1 aliphatic heterocycles. The number of carbonyl (C=O) groups excluding carboxylic acids is 1. The van der Waals surface area contributed by atoms with Gasteiger partial charge in [-0.05, 0) is 80.5 Å². The van der Waals surface area contributed by atoms with Crippen LogP contribution in [0.3, 0.4) is 0 Å². The summed E-state index contributed by atoms with van der Waals surface area (Å²) in [7, 11) is 0. The number of ether oxygens (including phenoxy) is 1. The zero-order valence-electron chi connectivity index (χ0n) is 20.6. The van der Waals surface area contributed by atoms with Crippen LogP contribution < -0.4 is 4.74 Å². The molecule has 0 saturated carbocycles. The first-order valence-electron chi connectivity index (χ1n) is 12.6. The van der Waals surface area contributed by atoms with Crippen LogP contribution >= 0.6 is 0 Å². The average Bonchev–Trinajstić information content (AvgIpc) is 3.51. The second-order valence-electron chi connectivity index (χ2n) is 10.1. The molecule has 3 heterocycles. The number of likely N-dealkylation sites (tertiary alicyclic amines) is 1. The van der Waals surface area contributed by atoms with Gasteiger partial charge in [0.1, 0.15) is 17.2 Å².